The Balaban J connectivity index is 1.89. The van der Waals surface area contributed by atoms with Crippen LogP contribution in [0.1, 0.15) is 46.1 Å². The molecule has 1 aromatic heterocycles. The fourth-order valence-corrected chi connectivity index (χ4v) is 3.04. The van der Waals surface area contributed by atoms with E-state index in [1.165, 1.54) is 18.3 Å². The van der Waals surface area contributed by atoms with Crippen molar-refractivity contribution in [3.05, 3.63) is 52.9 Å². The summed E-state index contributed by atoms with van der Waals surface area (Å²) < 4.78 is 44.1. The van der Waals surface area contributed by atoms with E-state index in [1.54, 1.807) is 11.8 Å². The summed E-state index contributed by atoms with van der Waals surface area (Å²) in [6, 6.07) is 3.95. The van der Waals surface area contributed by atoms with Crippen molar-refractivity contribution < 1.29 is 27.3 Å². The molecule has 0 radical (unpaired) electrons. The van der Waals surface area contributed by atoms with Crippen LogP contribution in [0.2, 0.25) is 0 Å². The Morgan fingerprint density at radius 2 is 2.19 bits per heavy atom. The van der Waals surface area contributed by atoms with E-state index in [0.717, 1.165) is 12.1 Å². The highest BCUT2D eigenvalue weighted by Crippen LogP contribution is 2.31. The first-order valence-corrected chi connectivity index (χ1v) is 8.43. The summed E-state index contributed by atoms with van der Waals surface area (Å²) in [4.78, 5) is 26.0. The second kappa shape index (κ2) is 7.42. The maximum atomic E-state index is 13.1. The summed E-state index contributed by atoms with van der Waals surface area (Å²) in [5, 5.41) is 6.24. The first-order chi connectivity index (χ1) is 12.8. The molecule has 9 heteroatoms. The van der Waals surface area contributed by atoms with Crippen LogP contribution in [0.4, 0.5) is 13.2 Å². The largest absolute Gasteiger partial charge is 0.416 e. The van der Waals surface area contributed by atoms with Gasteiger partial charge in [-0.2, -0.15) is 13.2 Å². The average Bonchev–Trinajstić information content (AvgIpc) is 3.22. The molecule has 1 atom stereocenters. The van der Waals surface area contributed by atoms with Gasteiger partial charge in [0.1, 0.15) is 11.3 Å². The standard InChI is InChI=1S/C18H18F3N3O3/c1-11-14(9-22-27-11)17(26)23-15(10-24-7-3-6-16(24)25)12-4-2-5-13(8-12)18(19,20)21/h2,4-5,8-9,15H,3,6-7,10H2,1H3,(H,23,26)/t15-/m1/s1. The zero-order chi connectivity index (χ0) is 19.6. The number of benzene rings is 1. The van der Waals surface area contributed by atoms with Gasteiger partial charge in [-0.1, -0.05) is 17.3 Å². The molecule has 1 aliphatic heterocycles. The number of nitrogens with zero attached hydrogens (tertiary/aromatic N) is 2. The Labute approximate surface area is 153 Å². The van der Waals surface area contributed by atoms with Crippen molar-refractivity contribution in [2.45, 2.75) is 32.0 Å². The number of rotatable bonds is 5. The van der Waals surface area contributed by atoms with Gasteiger partial charge in [-0.05, 0) is 31.0 Å². The smallest absolute Gasteiger partial charge is 0.361 e. The molecule has 27 heavy (non-hydrogen) atoms. The third-order valence-corrected chi connectivity index (χ3v) is 4.49. The number of carbonyl (C=O) groups excluding carboxylic acids is 2. The summed E-state index contributed by atoms with van der Waals surface area (Å²) in [5.41, 5.74) is -0.347. The minimum Gasteiger partial charge on any atom is -0.361 e. The van der Waals surface area contributed by atoms with Gasteiger partial charge in [-0.3, -0.25) is 9.59 Å². The maximum absolute atomic E-state index is 13.1. The predicted octanol–water partition coefficient (Wildman–Crippen LogP) is 3.10. The Hall–Kier alpha value is -2.84. The number of amides is 2. The van der Waals surface area contributed by atoms with Crippen molar-refractivity contribution in [3.8, 4) is 0 Å². The van der Waals surface area contributed by atoms with Gasteiger partial charge in [0.2, 0.25) is 5.91 Å². The van der Waals surface area contributed by atoms with E-state index in [9.17, 15) is 22.8 Å². The molecule has 0 aliphatic carbocycles. The van der Waals surface area contributed by atoms with Gasteiger partial charge in [0, 0.05) is 19.5 Å². The molecular formula is C18H18F3N3O3. The lowest BCUT2D eigenvalue weighted by Crippen LogP contribution is -2.38. The number of hydrogen-bond acceptors (Lipinski definition) is 4. The highest BCUT2D eigenvalue weighted by atomic mass is 19.4. The SMILES string of the molecule is Cc1oncc1C(=O)N[C@H](CN1CCCC1=O)c1cccc(C(F)(F)F)c1. The van der Waals surface area contributed by atoms with E-state index in [-0.39, 0.29) is 23.6 Å². The number of aryl methyl sites for hydroxylation is 1. The maximum Gasteiger partial charge on any atom is 0.416 e. The molecule has 1 fully saturated rings. The van der Waals surface area contributed by atoms with Crippen molar-refractivity contribution >= 4 is 11.8 Å². The highest BCUT2D eigenvalue weighted by Gasteiger charge is 2.32. The molecule has 2 aromatic rings. The van der Waals surface area contributed by atoms with Gasteiger partial charge in [0.25, 0.3) is 5.91 Å². The number of alkyl halides is 3. The van der Waals surface area contributed by atoms with Crippen LogP contribution in [-0.4, -0.2) is 35.0 Å². The van der Waals surface area contributed by atoms with Gasteiger partial charge in [0.15, 0.2) is 0 Å². The van der Waals surface area contributed by atoms with Crippen LogP contribution in [0.5, 0.6) is 0 Å². The Morgan fingerprint density at radius 1 is 1.41 bits per heavy atom. The van der Waals surface area contributed by atoms with Crippen LogP contribution in [-0.2, 0) is 11.0 Å². The normalized spacial score (nSPS) is 15.9. The molecule has 6 nitrogen and oxygen atoms in total. The Morgan fingerprint density at radius 3 is 2.78 bits per heavy atom. The topological polar surface area (TPSA) is 75.4 Å². The Bertz CT molecular complexity index is 848. The summed E-state index contributed by atoms with van der Waals surface area (Å²) in [5.74, 6) is -0.308. The first kappa shape index (κ1) is 18.9. The van der Waals surface area contributed by atoms with Crippen molar-refractivity contribution in [1.82, 2.24) is 15.4 Å². The lowest BCUT2D eigenvalue weighted by atomic mass is 10.0. The monoisotopic (exact) mass is 381 g/mol. The first-order valence-electron chi connectivity index (χ1n) is 8.43. The van der Waals surface area contributed by atoms with E-state index in [2.05, 4.69) is 10.5 Å². The quantitative estimate of drug-likeness (QED) is 0.864. The molecule has 1 N–H and O–H groups in total. The van der Waals surface area contributed by atoms with Crippen LogP contribution in [0, 0.1) is 6.92 Å². The fourth-order valence-electron chi connectivity index (χ4n) is 3.04. The fraction of sp³-hybridized carbons (Fsp3) is 0.389. The van der Waals surface area contributed by atoms with Crippen LogP contribution in [0.15, 0.2) is 35.0 Å². The van der Waals surface area contributed by atoms with Crippen LogP contribution in [0.25, 0.3) is 0 Å². The minimum atomic E-state index is -4.50. The molecule has 1 aromatic carbocycles. The van der Waals surface area contributed by atoms with Crippen molar-refractivity contribution in [2.24, 2.45) is 0 Å². The van der Waals surface area contributed by atoms with E-state index >= 15 is 0 Å². The van der Waals surface area contributed by atoms with Crippen molar-refractivity contribution in [3.63, 3.8) is 0 Å². The van der Waals surface area contributed by atoms with Gasteiger partial charge < -0.3 is 14.7 Å². The predicted molar refractivity (Wildman–Crippen MR) is 88.7 cm³/mol. The molecule has 1 saturated heterocycles. The average molecular weight is 381 g/mol. The molecule has 0 saturated carbocycles. The summed E-state index contributed by atoms with van der Waals surface area (Å²) in [6.07, 6.45) is -2.17. The molecule has 2 heterocycles. The zero-order valence-corrected chi connectivity index (χ0v) is 14.5. The number of halogens is 3. The number of carbonyl (C=O) groups is 2. The Kier molecular flexibility index (Phi) is 5.20. The van der Waals surface area contributed by atoms with E-state index in [0.29, 0.717) is 25.1 Å². The van der Waals surface area contributed by atoms with Crippen LogP contribution >= 0.6 is 0 Å². The van der Waals surface area contributed by atoms with Gasteiger partial charge in [-0.15, -0.1) is 0 Å². The molecule has 0 spiro atoms. The van der Waals surface area contributed by atoms with Crippen LogP contribution in [0.3, 0.4) is 0 Å². The summed E-state index contributed by atoms with van der Waals surface area (Å²) in [7, 11) is 0. The van der Waals surface area contributed by atoms with E-state index in [1.807, 2.05) is 0 Å². The molecule has 0 unspecified atom stereocenters. The third kappa shape index (κ3) is 4.29. The van der Waals surface area contributed by atoms with Crippen molar-refractivity contribution in [2.75, 3.05) is 13.1 Å². The molecular weight excluding hydrogens is 363 g/mol. The lowest BCUT2D eigenvalue weighted by Gasteiger charge is -2.25. The zero-order valence-electron chi connectivity index (χ0n) is 14.5. The number of nitrogens with one attached hydrogen (secondary N) is 1. The highest BCUT2D eigenvalue weighted by molar-refractivity contribution is 5.95. The number of likely N-dealkylation sites (tertiary alicyclic amines) is 1. The van der Waals surface area contributed by atoms with Crippen LogP contribution < -0.4 is 5.32 Å². The summed E-state index contributed by atoms with van der Waals surface area (Å²) >= 11 is 0. The molecule has 2 amide bonds. The second-order valence-corrected chi connectivity index (χ2v) is 6.39. The van der Waals surface area contributed by atoms with Crippen molar-refractivity contribution in [1.29, 1.82) is 0 Å². The van der Waals surface area contributed by atoms with Gasteiger partial charge in [-0.25, -0.2) is 0 Å². The summed E-state index contributed by atoms with van der Waals surface area (Å²) in [6.45, 7) is 2.16. The number of hydrogen-bond donors (Lipinski definition) is 1. The van der Waals surface area contributed by atoms with E-state index < -0.39 is 23.7 Å². The molecule has 0 bridgehead atoms. The van der Waals surface area contributed by atoms with Gasteiger partial charge in [0.05, 0.1) is 17.8 Å². The molecule has 144 valence electrons. The lowest BCUT2D eigenvalue weighted by molar-refractivity contribution is -0.137. The second-order valence-electron chi connectivity index (χ2n) is 6.39. The molecule has 3 rings (SSSR count). The van der Waals surface area contributed by atoms with E-state index in [4.69, 9.17) is 4.52 Å². The third-order valence-electron chi connectivity index (χ3n) is 4.49. The molecule has 1 aliphatic rings. The minimum absolute atomic E-state index is 0.0811. The number of aromatic nitrogens is 1. The van der Waals surface area contributed by atoms with Gasteiger partial charge >= 0.3 is 6.18 Å².